The molecule has 27 heavy (non-hydrogen) atoms. The minimum absolute atomic E-state index is 0.487. The normalized spacial score (nSPS) is 10.8. The molecule has 0 aliphatic rings. The van der Waals surface area contributed by atoms with Gasteiger partial charge in [-0.25, -0.2) is 0 Å². The van der Waals surface area contributed by atoms with E-state index in [1.54, 1.807) is 13.3 Å². The van der Waals surface area contributed by atoms with Crippen LogP contribution in [0.5, 0.6) is 11.5 Å². The zero-order valence-electron chi connectivity index (χ0n) is 15.3. The fourth-order valence-corrected chi connectivity index (χ4v) is 2.66. The van der Waals surface area contributed by atoms with Crippen LogP contribution in [0.25, 0.3) is 0 Å². The summed E-state index contributed by atoms with van der Waals surface area (Å²) >= 11 is 5.96. The quantitative estimate of drug-likeness (QED) is 0.423. The van der Waals surface area contributed by atoms with Crippen LogP contribution in [-0.2, 0) is 6.61 Å². The second-order valence-electron chi connectivity index (χ2n) is 6.06. The number of nitrogens with zero attached hydrogens (tertiary/aromatic N) is 1. The predicted molar refractivity (Wildman–Crippen MR) is 111 cm³/mol. The van der Waals surface area contributed by atoms with Crippen molar-refractivity contribution in [3.05, 3.63) is 88.4 Å². The van der Waals surface area contributed by atoms with Gasteiger partial charge in [0.2, 0.25) is 0 Å². The lowest BCUT2D eigenvalue weighted by molar-refractivity contribution is 0.284. The number of nitrogens with one attached hydrogen (secondary N) is 1. The second-order valence-corrected chi connectivity index (χ2v) is 6.50. The van der Waals surface area contributed by atoms with Crippen molar-refractivity contribution in [2.45, 2.75) is 13.5 Å². The van der Waals surface area contributed by atoms with Crippen LogP contribution < -0.4 is 14.9 Å². The van der Waals surface area contributed by atoms with Gasteiger partial charge >= 0.3 is 0 Å². The van der Waals surface area contributed by atoms with E-state index in [1.165, 1.54) is 5.56 Å². The molecule has 1 N–H and O–H groups in total. The fraction of sp³-hybridized carbons (Fsp3) is 0.136. The molecule has 0 aliphatic carbocycles. The molecule has 138 valence electrons. The molecular weight excluding hydrogens is 360 g/mol. The molecule has 5 heteroatoms. The van der Waals surface area contributed by atoms with E-state index >= 15 is 0 Å². The van der Waals surface area contributed by atoms with E-state index in [9.17, 15) is 0 Å². The highest BCUT2D eigenvalue weighted by atomic mass is 35.5. The zero-order chi connectivity index (χ0) is 19.1. The lowest BCUT2D eigenvalue weighted by Gasteiger charge is -2.11. The van der Waals surface area contributed by atoms with Crippen LogP contribution in [0.2, 0.25) is 5.02 Å². The standard InChI is InChI=1S/C22H21ClN2O2/c1-16-6-8-17(9-7-16)15-27-21-11-10-18(12-22(21)26-2)14-24-25-20-5-3-4-19(23)13-20/h3-14,25H,15H2,1-2H3. The van der Waals surface area contributed by atoms with E-state index in [4.69, 9.17) is 21.1 Å². The third kappa shape index (κ3) is 5.50. The molecule has 0 heterocycles. The predicted octanol–water partition coefficient (Wildman–Crippen LogP) is 5.68. The van der Waals surface area contributed by atoms with Crippen LogP contribution >= 0.6 is 11.6 Å². The van der Waals surface area contributed by atoms with Gasteiger partial charge in [-0.2, -0.15) is 5.10 Å². The van der Waals surface area contributed by atoms with E-state index in [-0.39, 0.29) is 0 Å². The first-order chi connectivity index (χ1) is 13.1. The first-order valence-corrected chi connectivity index (χ1v) is 8.93. The van der Waals surface area contributed by atoms with Crippen molar-refractivity contribution in [2.75, 3.05) is 12.5 Å². The summed E-state index contributed by atoms with van der Waals surface area (Å²) in [6.07, 6.45) is 1.72. The number of methoxy groups -OCH3 is 1. The highest BCUT2D eigenvalue weighted by Gasteiger charge is 2.05. The van der Waals surface area contributed by atoms with Crippen molar-refractivity contribution in [3.63, 3.8) is 0 Å². The zero-order valence-corrected chi connectivity index (χ0v) is 16.0. The lowest BCUT2D eigenvalue weighted by atomic mass is 10.2. The van der Waals surface area contributed by atoms with Crippen LogP contribution in [0.4, 0.5) is 5.69 Å². The summed E-state index contributed by atoms with van der Waals surface area (Å²) in [5.41, 5.74) is 7.00. The van der Waals surface area contributed by atoms with Gasteiger partial charge in [0.25, 0.3) is 0 Å². The molecule has 3 aromatic rings. The molecule has 4 nitrogen and oxygen atoms in total. The Morgan fingerprint density at radius 3 is 2.56 bits per heavy atom. The first-order valence-electron chi connectivity index (χ1n) is 8.55. The van der Waals surface area contributed by atoms with Gasteiger partial charge in [-0.1, -0.05) is 47.5 Å². The van der Waals surface area contributed by atoms with E-state index in [0.717, 1.165) is 16.8 Å². The summed E-state index contributed by atoms with van der Waals surface area (Å²) < 4.78 is 11.3. The van der Waals surface area contributed by atoms with Crippen molar-refractivity contribution in [1.82, 2.24) is 0 Å². The van der Waals surface area contributed by atoms with Crippen molar-refractivity contribution in [2.24, 2.45) is 5.10 Å². The van der Waals surface area contributed by atoms with Gasteiger partial charge in [-0.05, 0) is 54.4 Å². The van der Waals surface area contributed by atoms with E-state index in [2.05, 4.69) is 41.7 Å². The van der Waals surface area contributed by atoms with Gasteiger partial charge in [0.05, 0.1) is 19.0 Å². The number of hydrogen-bond acceptors (Lipinski definition) is 4. The van der Waals surface area contributed by atoms with Crippen molar-refractivity contribution in [3.8, 4) is 11.5 Å². The number of rotatable bonds is 7. The molecular formula is C22H21ClN2O2. The SMILES string of the molecule is COc1cc(C=NNc2cccc(Cl)c2)ccc1OCc1ccc(C)cc1. The Morgan fingerprint density at radius 1 is 1.00 bits per heavy atom. The third-order valence-electron chi connectivity index (χ3n) is 3.93. The summed E-state index contributed by atoms with van der Waals surface area (Å²) in [7, 11) is 1.62. The van der Waals surface area contributed by atoms with E-state index in [0.29, 0.717) is 23.1 Å². The Balaban J connectivity index is 1.64. The largest absolute Gasteiger partial charge is 0.493 e. The molecule has 0 radical (unpaired) electrons. The summed E-state index contributed by atoms with van der Waals surface area (Å²) in [5, 5.41) is 4.89. The highest BCUT2D eigenvalue weighted by molar-refractivity contribution is 6.30. The minimum atomic E-state index is 0.487. The molecule has 0 spiro atoms. The maximum absolute atomic E-state index is 5.96. The van der Waals surface area contributed by atoms with Crippen molar-refractivity contribution >= 4 is 23.5 Å². The summed E-state index contributed by atoms with van der Waals surface area (Å²) in [6, 6.07) is 21.3. The Kier molecular flexibility index (Phi) is 6.34. The van der Waals surface area contributed by atoms with Gasteiger partial charge in [-0.15, -0.1) is 0 Å². The van der Waals surface area contributed by atoms with Crippen LogP contribution in [0.3, 0.4) is 0 Å². The van der Waals surface area contributed by atoms with Crippen molar-refractivity contribution in [1.29, 1.82) is 0 Å². The molecule has 0 saturated heterocycles. The van der Waals surface area contributed by atoms with E-state index in [1.807, 2.05) is 42.5 Å². The van der Waals surface area contributed by atoms with Crippen LogP contribution in [0.1, 0.15) is 16.7 Å². The molecule has 0 fully saturated rings. The maximum atomic E-state index is 5.96. The van der Waals surface area contributed by atoms with Crippen LogP contribution in [-0.4, -0.2) is 13.3 Å². The average Bonchev–Trinajstić information content (AvgIpc) is 2.68. The molecule has 0 aromatic heterocycles. The fourth-order valence-electron chi connectivity index (χ4n) is 2.47. The Hall–Kier alpha value is -2.98. The lowest BCUT2D eigenvalue weighted by Crippen LogP contribution is -1.99. The number of hydrazone groups is 1. The summed E-state index contributed by atoms with van der Waals surface area (Å²) in [4.78, 5) is 0. The topological polar surface area (TPSA) is 42.8 Å². The van der Waals surface area contributed by atoms with E-state index < -0.39 is 0 Å². The molecule has 0 aliphatic heterocycles. The number of aryl methyl sites for hydroxylation is 1. The third-order valence-corrected chi connectivity index (χ3v) is 4.17. The van der Waals surface area contributed by atoms with Gasteiger partial charge in [0.15, 0.2) is 11.5 Å². The molecule has 0 unspecified atom stereocenters. The summed E-state index contributed by atoms with van der Waals surface area (Å²) in [6.45, 7) is 2.55. The molecule has 3 aromatic carbocycles. The molecule has 3 rings (SSSR count). The van der Waals surface area contributed by atoms with Gasteiger partial charge < -0.3 is 9.47 Å². The molecule has 0 bridgehead atoms. The monoisotopic (exact) mass is 380 g/mol. The number of anilines is 1. The van der Waals surface area contributed by atoms with Gasteiger partial charge in [-0.3, -0.25) is 5.43 Å². The highest BCUT2D eigenvalue weighted by Crippen LogP contribution is 2.28. The smallest absolute Gasteiger partial charge is 0.161 e. The van der Waals surface area contributed by atoms with Crippen molar-refractivity contribution < 1.29 is 9.47 Å². The number of hydrogen-bond donors (Lipinski definition) is 1. The molecule has 0 atom stereocenters. The van der Waals surface area contributed by atoms with Gasteiger partial charge in [0, 0.05) is 5.02 Å². The molecule has 0 saturated carbocycles. The Bertz CT molecular complexity index is 924. The Labute approximate surface area is 164 Å². The van der Waals surface area contributed by atoms with Gasteiger partial charge in [0.1, 0.15) is 6.61 Å². The number of halogens is 1. The minimum Gasteiger partial charge on any atom is -0.493 e. The van der Waals surface area contributed by atoms with Crippen LogP contribution in [0.15, 0.2) is 71.8 Å². The number of benzene rings is 3. The number of ether oxygens (including phenoxy) is 2. The second kappa shape index (κ2) is 9.10. The summed E-state index contributed by atoms with van der Waals surface area (Å²) in [5.74, 6) is 1.35. The Morgan fingerprint density at radius 2 is 1.81 bits per heavy atom. The molecule has 0 amide bonds. The average molecular weight is 381 g/mol. The maximum Gasteiger partial charge on any atom is 0.161 e. The van der Waals surface area contributed by atoms with Crippen LogP contribution in [0, 0.1) is 6.92 Å². The first kappa shape index (κ1) is 18.8.